The van der Waals surface area contributed by atoms with Gasteiger partial charge in [-0.1, -0.05) is 48.5 Å². The maximum atomic E-state index is 10.6. The van der Waals surface area contributed by atoms with Gasteiger partial charge in [0.05, 0.1) is 19.6 Å². The number of nitrogens with two attached hydrogens (primary N) is 1. The third-order valence-corrected chi connectivity index (χ3v) is 4.54. The molecule has 0 atom stereocenters. The molecule has 0 heterocycles. The van der Waals surface area contributed by atoms with Crippen LogP contribution in [0.3, 0.4) is 0 Å². The Balaban J connectivity index is 0.000000426. The number of rotatable bonds is 6. The number of nitrogens with zero attached hydrogens (tertiary/aromatic N) is 1. The first-order valence-electron chi connectivity index (χ1n) is 9.07. The molecule has 0 saturated heterocycles. The van der Waals surface area contributed by atoms with Gasteiger partial charge >= 0.3 is 5.97 Å². The Morgan fingerprint density at radius 3 is 1.52 bits per heavy atom. The molecule has 0 aliphatic rings. The summed E-state index contributed by atoms with van der Waals surface area (Å²) >= 11 is 0. The van der Waals surface area contributed by atoms with Gasteiger partial charge in [0.25, 0.3) is 0 Å². The van der Waals surface area contributed by atoms with Crippen molar-refractivity contribution in [2.75, 3.05) is 39.8 Å². The molecule has 0 aliphatic carbocycles. The van der Waals surface area contributed by atoms with E-state index in [4.69, 9.17) is 4.74 Å². The molecule has 0 amide bonds. The van der Waals surface area contributed by atoms with Crippen molar-refractivity contribution >= 4 is 16.7 Å². The van der Waals surface area contributed by atoms with E-state index in [0.29, 0.717) is 6.61 Å². The van der Waals surface area contributed by atoms with Gasteiger partial charge < -0.3 is 15.0 Å². The van der Waals surface area contributed by atoms with Crippen LogP contribution in [-0.2, 0) is 9.53 Å². The molecule has 4 nitrogen and oxygen atoms in total. The quantitative estimate of drug-likeness (QED) is 0.638. The van der Waals surface area contributed by atoms with Gasteiger partial charge in [-0.2, -0.15) is 0 Å². The molecule has 0 unspecified atom stereocenters. The standard InChI is InChI=1S/C10H22NO2.C10H8.CH5N/c1-5-11(6-2,7-3)8-9-13-10(4)12;1-2-6-10-8-4-3-7-9(10)5-1;1-2/h5-9H2,1-4H3;1-8H;2H2,1H3/q+1;;. The minimum atomic E-state index is -0.179. The van der Waals surface area contributed by atoms with Crippen LogP contribution >= 0.6 is 0 Å². The minimum absolute atomic E-state index is 0.179. The fourth-order valence-corrected chi connectivity index (χ4v) is 2.66. The SMILES string of the molecule is CC[N+](CC)(CC)CCOC(C)=O.CN.c1ccc2ccccc2c1. The highest BCUT2D eigenvalue weighted by Gasteiger charge is 2.20. The van der Waals surface area contributed by atoms with Crippen LogP contribution < -0.4 is 5.73 Å². The number of esters is 1. The van der Waals surface area contributed by atoms with Crippen molar-refractivity contribution < 1.29 is 14.0 Å². The lowest BCUT2D eigenvalue weighted by atomic mass is 10.1. The fourth-order valence-electron chi connectivity index (χ4n) is 2.66. The van der Waals surface area contributed by atoms with Gasteiger partial charge in [0.2, 0.25) is 0 Å². The number of likely N-dealkylation sites (N-methyl/N-ethyl adjacent to an activating group) is 1. The lowest BCUT2D eigenvalue weighted by molar-refractivity contribution is -0.923. The first-order valence-corrected chi connectivity index (χ1v) is 9.07. The highest BCUT2D eigenvalue weighted by molar-refractivity contribution is 5.82. The van der Waals surface area contributed by atoms with Gasteiger partial charge in [-0.3, -0.25) is 4.79 Å². The van der Waals surface area contributed by atoms with Crippen LogP contribution in [0.4, 0.5) is 0 Å². The van der Waals surface area contributed by atoms with Crippen molar-refractivity contribution in [1.29, 1.82) is 0 Å². The predicted molar refractivity (Wildman–Crippen MR) is 107 cm³/mol. The first-order chi connectivity index (χ1) is 12.1. The second-order valence-electron chi connectivity index (χ2n) is 5.70. The van der Waals surface area contributed by atoms with Crippen LogP contribution in [0.15, 0.2) is 48.5 Å². The summed E-state index contributed by atoms with van der Waals surface area (Å²) in [6, 6.07) is 16.7. The largest absolute Gasteiger partial charge is 0.460 e. The lowest BCUT2D eigenvalue weighted by Crippen LogP contribution is -2.49. The molecule has 0 aromatic heterocycles. The predicted octanol–water partition coefficient (Wildman–Crippen LogP) is 3.84. The molecule has 4 heteroatoms. The molecule has 0 saturated carbocycles. The Morgan fingerprint density at radius 2 is 1.24 bits per heavy atom. The summed E-state index contributed by atoms with van der Waals surface area (Å²) in [6.45, 7) is 12.8. The van der Waals surface area contributed by atoms with Crippen LogP contribution in [0, 0.1) is 0 Å². The van der Waals surface area contributed by atoms with Crippen molar-refractivity contribution in [2.24, 2.45) is 5.73 Å². The van der Waals surface area contributed by atoms with E-state index in [1.807, 2.05) is 0 Å². The third-order valence-electron chi connectivity index (χ3n) is 4.54. The Hall–Kier alpha value is -1.91. The molecule has 140 valence electrons. The number of hydrogen-bond donors (Lipinski definition) is 1. The molecule has 2 aromatic carbocycles. The zero-order valence-corrected chi connectivity index (χ0v) is 16.5. The van der Waals surface area contributed by atoms with E-state index in [-0.39, 0.29) is 5.97 Å². The Bertz CT molecular complexity index is 521. The summed E-state index contributed by atoms with van der Waals surface area (Å²) in [7, 11) is 1.50. The molecule has 0 radical (unpaired) electrons. The summed E-state index contributed by atoms with van der Waals surface area (Å²) in [4.78, 5) is 10.6. The van der Waals surface area contributed by atoms with Crippen molar-refractivity contribution in [3.8, 4) is 0 Å². The smallest absolute Gasteiger partial charge is 0.302 e. The van der Waals surface area contributed by atoms with Crippen molar-refractivity contribution in [3.05, 3.63) is 48.5 Å². The van der Waals surface area contributed by atoms with E-state index in [1.165, 1.54) is 24.7 Å². The number of fused-ring (bicyclic) bond motifs is 1. The molecule has 2 N–H and O–H groups in total. The van der Waals surface area contributed by atoms with Crippen LogP contribution in [0.1, 0.15) is 27.7 Å². The molecule has 0 aliphatic heterocycles. The molecule has 0 spiro atoms. The van der Waals surface area contributed by atoms with Crippen LogP contribution in [0.2, 0.25) is 0 Å². The van der Waals surface area contributed by atoms with Crippen LogP contribution in [0.5, 0.6) is 0 Å². The lowest BCUT2D eigenvalue weighted by Gasteiger charge is -2.35. The number of carbonyl (C=O) groups is 1. The molecule has 0 fully saturated rings. The minimum Gasteiger partial charge on any atom is -0.460 e. The molecule has 25 heavy (non-hydrogen) atoms. The number of hydrogen-bond acceptors (Lipinski definition) is 3. The summed E-state index contributed by atoms with van der Waals surface area (Å²) in [6.07, 6.45) is 0. The summed E-state index contributed by atoms with van der Waals surface area (Å²) in [5.74, 6) is -0.179. The van der Waals surface area contributed by atoms with Gasteiger partial charge in [0.15, 0.2) is 0 Å². The van der Waals surface area contributed by atoms with Crippen molar-refractivity contribution in [1.82, 2.24) is 0 Å². The summed E-state index contributed by atoms with van der Waals surface area (Å²) < 4.78 is 5.98. The van der Waals surface area contributed by atoms with Crippen LogP contribution in [0.25, 0.3) is 10.8 Å². The van der Waals surface area contributed by atoms with Crippen molar-refractivity contribution in [3.63, 3.8) is 0 Å². The molecule has 0 bridgehead atoms. The zero-order chi connectivity index (χ0) is 19.1. The normalized spacial score (nSPS) is 10.2. The van der Waals surface area contributed by atoms with Gasteiger partial charge in [0, 0.05) is 6.92 Å². The van der Waals surface area contributed by atoms with Gasteiger partial charge in [-0.25, -0.2) is 0 Å². The number of quaternary nitrogens is 1. The average Bonchev–Trinajstić information content (AvgIpc) is 2.68. The highest BCUT2D eigenvalue weighted by Crippen LogP contribution is 2.11. The Labute approximate surface area is 153 Å². The van der Waals surface area contributed by atoms with E-state index in [9.17, 15) is 4.79 Å². The summed E-state index contributed by atoms with van der Waals surface area (Å²) in [5.41, 5.74) is 4.50. The second-order valence-corrected chi connectivity index (χ2v) is 5.70. The van der Waals surface area contributed by atoms with E-state index < -0.39 is 0 Å². The van der Waals surface area contributed by atoms with E-state index >= 15 is 0 Å². The first kappa shape index (κ1) is 23.1. The molecular formula is C21H35N2O2+. The van der Waals surface area contributed by atoms with E-state index in [0.717, 1.165) is 30.7 Å². The Morgan fingerprint density at radius 1 is 0.880 bits per heavy atom. The number of benzene rings is 2. The number of ether oxygens (including phenoxy) is 1. The summed E-state index contributed by atoms with van der Waals surface area (Å²) in [5, 5.41) is 2.62. The Kier molecular flexibility index (Phi) is 12.4. The monoisotopic (exact) mass is 347 g/mol. The van der Waals surface area contributed by atoms with E-state index in [2.05, 4.69) is 75.0 Å². The van der Waals surface area contributed by atoms with Gasteiger partial charge in [-0.15, -0.1) is 0 Å². The third kappa shape index (κ3) is 8.66. The van der Waals surface area contributed by atoms with E-state index in [1.54, 1.807) is 0 Å². The number of carbonyl (C=O) groups excluding carboxylic acids is 1. The molecular weight excluding hydrogens is 312 g/mol. The van der Waals surface area contributed by atoms with Gasteiger partial charge in [0.1, 0.15) is 13.2 Å². The highest BCUT2D eigenvalue weighted by atomic mass is 16.5. The fraction of sp³-hybridized carbons (Fsp3) is 0.476. The van der Waals surface area contributed by atoms with Gasteiger partial charge in [-0.05, 0) is 38.6 Å². The average molecular weight is 348 g/mol. The maximum absolute atomic E-state index is 10.6. The molecule has 2 rings (SSSR count). The van der Waals surface area contributed by atoms with Crippen LogP contribution in [-0.4, -0.2) is 50.3 Å². The maximum Gasteiger partial charge on any atom is 0.302 e. The molecule has 2 aromatic rings. The second kappa shape index (κ2) is 13.4. The topological polar surface area (TPSA) is 52.3 Å². The zero-order valence-electron chi connectivity index (χ0n) is 16.5. The van der Waals surface area contributed by atoms with Crippen molar-refractivity contribution in [2.45, 2.75) is 27.7 Å².